The van der Waals surface area contributed by atoms with Crippen molar-refractivity contribution in [2.45, 2.75) is 31.7 Å². The Morgan fingerprint density at radius 2 is 1.89 bits per heavy atom. The van der Waals surface area contributed by atoms with Crippen LogP contribution in [0, 0.1) is 0 Å². The number of benzene rings is 1. The van der Waals surface area contributed by atoms with Crippen molar-refractivity contribution in [3.05, 3.63) is 28.7 Å². The molecule has 0 aliphatic carbocycles. The fourth-order valence-electron chi connectivity index (χ4n) is 2.74. The number of hydrogen-bond acceptors (Lipinski definition) is 3. The average molecular weight is 326 g/mol. The van der Waals surface area contributed by atoms with Gasteiger partial charge in [-0.05, 0) is 50.1 Å². The van der Waals surface area contributed by atoms with E-state index in [1.165, 1.54) is 13.0 Å². The van der Waals surface area contributed by atoms with Crippen LogP contribution < -0.4 is 11.1 Å². The van der Waals surface area contributed by atoms with Crippen molar-refractivity contribution in [3.63, 3.8) is 0 Å². The molecule has 4 heteroatoms. The van der Waals surface area contributed by atoms with E-state index in [1.54, 1.807) is 0 Å². The minimum atomic E-state index is 0.0675. The Morgan fingerprint density at radius 1 is 1.26 bits per heavy atom. The number of anilines is 1. The number of rotatable bonds is 5. The van der Waals surface area contributed by atoms with Gasteiger partial charge in [-0.15, -0.1) is 0 Å². The monoisotopic (exact) mass is 325 g/mol. The van der Waals surface area contributed by atoms with Crippen LogP contribution in [0.25, 0.3) is 0 Å². The number of likely N-dealkylation sites (tertiary alicyclic amines) is 1. The molecule has 1 aliphatic heterocycles. The molecule has 2 rings (SSSR count). The van der Waals surface area contributed by atoms with Crippen LogP contribution >= 0.6 is 15.9 Å². The zero-order valence-corrected chi connectivity index (χ0v) is 13.2. The molecule has 0 bridgehead atoms. The molecule has 0 radical (unpaired) electrons. The third kappa shape index (κ3) is 3.94. The summed E-state index contributed by atoms with van der Waals surface area (Å²) < 4.78 is 1.11. The Morgan fingerprint density at radius 3 is 2.42 bits per heavy atom. The van der Waals surface area contributed by atoms with Gasteiger partial charge >= 0.3 is 0 Å². The number of halogens is 1. The maximum absolute atomic E-state index is 6.05. The second kappa shape index (κ2) is 6.73. The van der Waals surface area contributed by atoms with E-state index in [0.717, 1.165) is 36.1 Å². The fraction of sp³-hybridized carbons (Fsp3) is 0.600. The Labute approximate surface area is 124 Å². The molecule has 19 heavy (non-hydrogen) atoms. The van der Waals surface area contributed by atoms with Crippen LogP contribution in [0.1, 0.15) is 26.2 Å². The second-order valence-corrected chi connectivity index (χ2v) is 6.37. The maximum Gasteiger partial charge on any atom is 0.0520 e. The summed E-state index contributed by atoms with van der Waals surface area (Å²) in [5.41, 5.74) is 7.28. The van der Waals surface area contributed by atoms with E-state index in [-0.39, 0.29) is 5.54 Å². The third-order valence-electron chi connectivity index (χ3n) is 4.00. The second-order valence-electron chi connectivity index (χ2n) is 5.46. The minimum Gasteiger partial charge on any atom is -0.378 e. The summed E-state index contributed by atoms with van der Waals surface area (Å²) in [7, 11) is 0. The van der Waals surface area contributed by atoms with Crippen molar-refractivity contribution >= 4 is 21.6 Å². The van der Waals surface area contributed by atoms with Gasteiger partial charge in [-0.1, -0.05) is 22.9 Å². The zero-order valence-electron chi connectivity index (χ0n) is 11.7. The molecule has 106 valence electrons. The summed E-state index contributed by atoms with van der Waals surface area (Å²) in [4.78, 5) is 2.54. The molecule has 0 amide bonds. The lowest BCUT2D eigenvalue weighted by molar-refractivity contribution is 0.177. The molecule has 0 atom stereocenters. The van der Waals surface area contributed by atoms with Crippen molar-refractivity contribution in [1.29, 1.82) is 0 Å². The quantitative estimate of drug-likeness (QED) is 0.874. The van der Waals surface area contributed by atoms with E-state index in [4.69, 9.17) is 5.73 Å². The molecule has 1 aromatic rings. The lowest BCUT2D eigenvalue weighted by atomic mass is 9.87. The first kappa shape index (κ1) is 14.8. The van der Waals surface area contributed by atoms with Crippen LogP contribution in [0.5, 0.6) is 0 Å². The summed E-state index contributed by atoms with van der Waals surface area (Å²) in [5.74, 6) is 0. The van der Waals surface area contributed by atoms with Crippen LogP contribution in [-0.2, 0) is 0 Å². The third-order valence-corrected chi connectivity index (χ3v) is 4.53. The smallest absolute Gasteiger partial charge is 0.0520 e. The zero-order chi connectivity index (χ0) is 13.7. The average Bonchev–Trinajstić information content (AvgIpc) is 2.44. The van der Waals surface area contributed by atoms with Crippen LogP contribution in [0.2, 0.25) is 0 Å². The molecular formula is C15H24BrN3. The molecule has 1 aromatic carbocycles. The molecule has 0 unspecified atom stereocenters. The van der Waals surface area contributed by atoms with E-state index >= 15 is 0 Å². The summed E-state index contributed by atoms with van der Waals surface area (Å²) in [6.07, 6.45) is 3.48. The molecule has 3 nitrogen and oxygen atoms in total. The highest BCUT2D eigenvalue weighted by Crippen LogP contribution is 2.27. The maximum atomic E-state index is 6.05. The van der Waals surface area contributed by atoms with Crippen molar-refractivity contribution in [3.8, 4) is 0 Å². The van der Waals surface area contributed by atoms with Gasteiger partial charge in [0.2, 0.25) is 0 Å². The van der Waals surface area contributed by atoms with Crippen LogP contribution in [0.4, 0.5) is 5.69 Å². The van der Waals surface area contributed by atoms with E-state index in [1.807, 2.05) is 0 Å². The fourth-order valence-corrected chi connectivity index (χ4v) is 3.00. The highest BCUT2D eigenvalue weighted by Gasteiger charge is 2.32. The summed E-state index contributed by atoms with van der Waals surface area (Å²) in [5, 5.41) is 3.66. The normalized spacial score (nSPS) is 19.3. The Hall–Kier alpha value is -0.580. The van der Waals surface area contributed by atoms with Gasteiger partial charge in [0.05, 0.1) is 5.54 Å². The van der Waals surface area contributed by atoms with E-state index in [9.17, 15) is 0 Å². The van der Waals surface area contributed by atoms with Gasteiger partial charge in [0.1, 0.15) is 0 Å². The predicted octanol–water partition coefficient (Wildman–Crippen LogP) is 3.06. The van der Waals surface area contributed by atoms with Gasteiger partial charge in [0, 0.05) is 29.8 Å². The van der Waals surface area contributed by atoms with E-state index in [0.29, 0.717) is 6.54 Å². The highest BCUT2D eigenvalue weighted by atomic mass is 79.9. The van der Waals surface area contributed by atoms with Gasteiger partial charge in [0.15, 0.2) is 0 Å². The SMILES string of the molecule is CCCN1CCC(CN)(Nc2ccc(Br)cc2)CC1. The van der Waals surface area contributed by atoms with Crippen LogP contribution in [-0.4, -0.2) is 36.6 Å². The Kier molecular flexibility index (Phi) is 5.25. The predicted molar refractivity (Wildman–Crippen MR) is 85.5 cm³/mol. The molecule has 1 fully saturated rings. The number of hydrogen-bond donors (Lipinski definition) is 2. The molecule has 0 spiro atoms. The number of nitrogens with two attached hydrogens (primary N) is 1. The molecule has 1 aliphatic rings. The molecule has 3 N–H and O–H groups in total. The summed E-state index contributed by atoms with van der Waals surface area (Å²) >= 11 is 3.47. The summed E-state index contributed by atoms with van der Waals surface area (Å²) in [6.45, 7) is 6.44. The number of nitrogens with one attached hydrogen (secondary N) is 1. The van der Waals surface area contributed by atoms with E-state index < -0.39 is 0 Å². The number of nitrogens with zero attached hydrogens (tertiary/aromatic N) is 1. The molecule has 1 saturated heterocycles. The van der Waals surface area contributed by atoms with Crippen molar-refractivity contribution in [2.24, 2.45) is 5.73 Å². The molecule has 1 heterocycles. The van der Waals surface area contributed by atoms with E-state index in [2.05, 4.69) is 57.3 Å². The van der Waals surface area contributed by atoms with Gasteiger partial charge in [-0.3, -0.25) is 0 Å². The van der Waals surface area contributed by atoms with Gasteiger partial charge < -0.3 is 16.0 Å². The Balaban J connectivity index is 1.98. The van der Waals surface area contributed by atoms with Crippen molar-refractivity contribution < 1.29 is 0 Å². The molecular weight excluding hydrogens is 302 g/mol. The minimum absolute atomic E-state index is 0.0675. The Bertz CT molecular complexity index is 383. The first-order valence-electron chi connectivity index (χ1n) is 7.14. The highest BCUT2D eigenvalue weighted by molar-refractivity contribution is 9.10. The standard InChI is InChI=1S/C15H24BrN3/c1-2-9-19-10-7-15(12-17,8-11-19)18-14-5-3-13(16)4-6-14/h3-6,18H,2,7-12,17H2,1H3. The van der Waals surface area contributed by atoms with Crippen LogP contribution in [0.15, 0.2) is 28.7 Å². The molecule has 0 saturated carbocycles. The van der Waals surface area contributed by atoms with Gasteiger partial charge in [-0.2, -0.15) is 0 Å². The lowest BCUT2D eigenvalue weighted by Gasteiger charge is -2.42. The first-order chi connectivity index (χ1) is 9.17. The first-order valence-corrected chi connectivity index (χ1v) is 7.93. The largest absolute Gasteiger partial charge is 0.378 e. The van der Waals surface area contributed by atoms with Gasteiger partial charge in [-0.25, -0.2) is 0 Å². The topological polar surface area (TPSA) is 41.3 Å². The van der Waals surface area contributed by atoms with Gasteiger partial charge in [0.25, 0.3) is 0 Å². The van der Waals surface area contributed by atoms with Crippen molar-refractivity contribution in [1.82, 2.24) is 4.90 Å². The lowest BCUT2D eigenvalue weighted by Crippen LogP contribution is -2.53. The molecule has 0 aromatic heterocycles. The summed E-state index contributed by atoms with van der Waals surface area (Å²) in [6, 6.07) is 8.36. The number of piperidine rings is 1. The van der Waals surface area contributed by atoms with Crippen LogP contribution in [0.3, 0.4) is 0 Å². The van der Waals surface area contributed by atoms with Crippen molar-refractivity contribution in [2.75, 3.05) is 31.5 Å².